The molecule has 0 unspecified atom stereocenters. The number of hydrogen-bond donors (Lipinski definition) is 0. The fourth-order valence-corrected chi connectivity index (χ4v) is 3.01. The fraction of sp³-hybridized carbons (Fsp3) is 0.571. The Morgan fingerprint density at radius 2 is 2.00 bits per heavy atom. The smallest absolute Gasteiger partial charge is 0.319 e. The molecule has 21 heavy (non-hydrogen) atoms. The third kappa shape index (κ3) is 3.34. The van der Waals surface area contributed by atoms with E-state index in [1.807, 2.05) is 40.7 Å². The van der Waals surface area contributed by atoms with E-state index >= 15 is 0 Å². The van der Waals surface area contributed by atoms with Crippen molar-refractivity contribution in [3.05, 3.63) is 17.5 Å². The summed E-state index contributed by atoms with van der Waals surface area (Å²) in [6, 6.07) is 1.94. The van der Waals surface area contributed by atoms with Crippen molar-refractivity contribution in [2.24, 2.45) is 5.41 Å². The van der Waals surface area contributed by atoms with Gasteiger partial charge in [0.1, 0.15) is 5.25 Å². The zero-order valence-corrected chi connectivity index (χ0v) is 14.0. The summed E-state index contributed by atoms with van der Waals surface area (Å²) in [6.07, 6.45) is 0. The maximum atomic E-state index is 12.0. The van der Waals surface area contributed by atoms with E-state index in [-0.39, 0.29) is 16.6 Å². The number of carbonyl (C=O) groups excluding carboxylic acids is 1. The summed E-state index contributed by atoms with van der Waals surface area (Å²) in [4.78, 5) is 20.7. The lowest BCUT2D eigenvalue weighted by Gasteiger charge is -2.26. The fourth-order valence-electron chi connectivity index (χ4n) is 1.99. The highest BCUT2D eigenvalue weighted by Crippen LogP contribution is 2.34. The van der Waals surface area contributed by atoms with Crippen molar-refractivity contribution in [2.45, 2.75) is 45.0 Å². The van der Waals surface area contributed by atoms with E-state index in [0.29, 0.717) is 10.9 Å². The number of thioether (sulfide) groups is 1. The van der Waals surface area contributed by atoms with E-state index in [1.165, 1.54) is 18.9 Å². The number of rotatable bonds is 3. The van der Waals surface area contributed by atoms with Crippen molar-refractivity contribution >= 4 is 23.5 Å². The molecule has 0 aliphatic heterocycles. The summed E-state index contributed by atoms with van der Waals surface area (Å²) in [5.41, 5.74) is 1.60. The second kappa shape index (κ2) is 5.63. The molecular weight excluding hydrogens is 288 g/mol. The number of fused-ring (bicyclic) bond motifs is 1. The lowest BCUT2D eigenvalue weighted by molar-refractivity contribution is -0.141. The average molecular weight is 308 g/mol. The predicted octanol–water partition coefficient (Wildman–Crippen LogP) is 2.42. The number of aryl methyl sites for hydroxylation is 2. The first-order chi connectivity index (χ1) is 9.72. The predicted molar refractivity (Wildman–Crippen MR) is 81.4 cm³/mol. The van der Waals surface area contributed by atoms with Crippen LogP contribution < -0.4 is 0 Å². The SMILES string of the molecule is COC(=O)[C@@H](Sc1nc2nc(C)cc(C)n2n1)C(C)(C)C. The maximum absolute atomic E-state index is 12.0. The number of hydrogen-bond acceptors (Lipinski definition) is 6. The molecule has 1 atom stereocenters. The van der Waals surface area contributed by atoms with E-state index in [9.17, 15) is 4.79 Å². The minimum Gasteiger partial charge on any atom is -0.468 e. The molecule has 0 radical (unpaired) electrons. The Kier molecular flexibility index (Phi) is 4.22. The van der Waals surface area contributed by atoms with Gasteiger partial charge in [0.15, 0.2) is 0 Å². The van der Waals surface area contributed by atoms with Crippen LogP contribution in [0.1, 0.15) is 32.2 Å². The molecule has 0 saturated heterocycles. The number of methoxy groups -OCH3 is 1. The van der Waals surface area contributed by atoms with Crippen molar-refractivity contribution < 1.29 is 9.53 Å². The highest BCUT2D eigenvalue weighted by atomic mass is 32.2. The highest BCUT2D eigenvalue weighted by Gasteiger charge is 2.34. The first-order valence-corrected chi connectivity index (χ1v) is 7.56. The van der Waals surface area contributed by atoms with Crippen molar-refractivity contribution in [3.8, 4) is 0 Å². The first kappa shape index (κ1) is 15.8. The molecule has 2 heterocycles. The lowest BCUT2D eigenvalue weighted by Crippen LogP contribution is -2.32. The normalized spacial score (nSPS) is 13.4. The number of aromatic nitrogens is 4. The zero-order valence-electron chi connectivity index (χ0n) is 13.2. The van der Waals surface area contributed by atoms with Crippen LogP contribution in [0.4, 0.5) is 0 Å². The summed E-state index contributed by atoms with van der Waals surface area (Å²) < 4.78 is 6.58. The second-order valence-corrected chi connectivity index (χ2v) is 7.10. The van der Waals surface area contributed by atoms with Crippen LogP contribution in [0.3, 0.4) is 0 Å². The average Bonchev–Trinajstić information content (AvgIpc) is 2.76. The molecule has 7 heteroatoms. The van der Waals surface area contributed by atoms with Crippen molar-refractivity contribution in [1.82, 2.24) is 19.6 Å². The van der Waals surface area contributed by atoms with Crippen LogP contribution in [0.25, 0.3) is 5.78 Å². The Balaban J connectivity index is 2.38. The van der Waals surface area contributed by atoms with E-state index in [4.69, 9.17) is 4.74 Å². The number of ether oxygens (including phenoxy) is 1. The van der Waals surface area contributed by atoms with Gasteiger partial charge in [-0.25, -0.2) is 9.50 Å². The van der Waals surface area contributed by atoms with Crippen molar-refractivity contribution in [3.63, 3.8) is 0 Å². The van der Waals surface area contributed by atoms with Gasteiger partial charge in [-0.1, -0.05) is 32.5 Å². The highest BCUT2D eigenvalue weighted by molar-refractivity contribution is 8.00. The van der Waals surface area contributed by atoms with Gasteiger partial charge in [0.05, 0.1) is 7.11 Å². The summed E-state index contributed by atoms with van der Waals surface area (Å²) in [6.45, 7) is 9.84. The second-order valence-electron chi connectivity index (χ2n) is 6.03. The van der Waals surface area contributed by atoms with Crippen LogP contribution in [0, 0.1) is 19.3 Å². The van der Waals surface area contributed by atoms with Gasteiger partial charge in [-0.15, -0.1) is 5.10 Å². The molecule has 2 rings (SSSR count). The van der Waals surface area contributed by atoms with Gasteiger partial charge in [0.25, 0.3) is 5.78 Å². The Morgan fingerprint density at radius 3 is 2.57 bits per heavy atom. The number of carbonyl (C=O) groups is 1. The lowest BCUT2D eigenvalue weighted by atomic mass is 9.92. The quantitative estimate of drug-likeness (QED) is 0.640. The standard InChI is InChI=1S/C14H20N4O2S/c1-8-7-9(2)18-12(15-8)16-13(17-18)21-10(11(19)20-6)14(3,4)5/h7,10H,1-6H3/t10-/m1/s1. The molecule has 0 amide bonds. The van der Waals surface area contributed by atoms with Crippen LogP contribution in [0.2, 0.25) is 0 Å². The van der Waals surface area contributed by atoms with E-state index < -0.39 is 0 Å². The molecule has 6 nitrogen and oxygen atoms in total. The topological polar surface area (TPSA) is 69.4 Å². The molecule has 0 N–H and O–H groups in total. The molecule has 0 fully saturated rings. The molecule has 0 aromatic carbocycles. The molecule has 2 aromatic heterocycles. The van der Waals surface area contributed by atoms with Crippen molar-refractivity contribution in [1.29, 1.82) is 0 Å². The van der Waals surface area contributed by atoms with Crippen LogP contribution >= 0.6 is 11.8 Å². The van der Waals surface area contributed by atoms with Gasteiger partial charge in [0.2, 0.25) is 5.16 Å². The van der Waals surface area contributed by atoms with Crippen molar-refractivity contribution in [2.75, 3.05) is 7.11 Å². The number of nitrogens with zero attached hydrogens (tertiary/aromatic N) is 4. The Morgan fingerprint density at radius 1 is 1.33 bits per heavy atom. The van der Waals surface area contributed by atoms with Gasteiger partial charge in [0, 0.05) is 11.4 Å². The van der Waals surface area contributed by atoms with Crippen LogP contribution in [-0.4, -0.2) is 37.9 Å². The number of esters is 1. The summed E-state index contributed by atoms with van der Waals surface area (Å²) in [5.74, 6) is 0.278. The Hall–Kier alpha value is -1.63. The molecule has 0 aliphatic rings. The molecule has 2 aromatic rings. The third-order valence-electron chi connectivity index (χ3n) is 3.02. The first-order valence-electron chi connectivity index (χ1n) is 6.68. The largest absolute Gasteiger partial charge is 0.468 e. The molecule has 0 aliphatic carbocycles. The van der Waals surface area contributed by atoms with Gasteiger partial charge in [-0.05, 0) is 25.3 Å². The molecule has 0 saturated carbocycles. The van der Waals surface area contributed by atoms with E-state index in [0.717, 1.165) is 11.4 Å². The molecule has 0 spiro atoms. The summed E-state index contributed by atoms with van der Waals surface area (Å²) in [5, 5.41) is 4.58. The molecule has 114 valence electrons. The minimum atomic E-state index is -0.374. The molecular formula is C14H20N4O2S. The zero-order chi connectivity index (χ0) is 15.8. The maximum Gasteiger partial charge on any atom is 0.319 e. The van der Waals surface area contributed by atoms with Gasteiger partial charge >= 0.3 is 5.97 Å². The van der Waals surface area contributed by atoms with E-state index in [1.54, 1.807) is 4.52 Å². The van der Waals surface area contributed by atoms with E-state index in [2.05, 4.69) is 15.1 Å². The minimum absolute atomic E-state index is 0.256. The van der Waals surface area contributed by atoms with Gasteiger partial charge in [-0.3, -0.25) is 4.79 Å². The summed E-state index contributed by atoms with van der Waals surface area (Å²) >= 11 is 1.31. The van der Waals surface area contributed by atoms with Gasteiger partial charge in [-0.2, -0.15) is 4.98 Å². The molecule has 0 bridgehead atoms. The van der Waals surface area contributed by atoms with Crippen LogP contribution in [0.5, 0.6) is 0 Å². The van der Waals surface area contributed by atoms with Crippen LogP contribution in [-0.2, 0) is 9.53 Å². The Bertz CT molecular complexity index is 675. The Labute approximate surface area is 128 Å². The summed E-state index contributed by atoms with van der Waals surface area (Å²) in [7, 11) is 1.40. The van der Waals surface area contributed by atoms with Gasteiger partial charge < -0.3 is 4.74 Å². The third-order valence-corrected chi connectivity index (χ3v) is 4.54. The van der Waals surface area contributed by atoms with Crippen LogP contribution in [0.15, 0.2) is 11.2 Å². The monoisotopic (exact) mass is 308 g/mol.